The molecule has 2 aliphatic heterocycles. The summed E-state index contributed by atoms with van der Waals surface area (Å²) in [7, 11) is 0. The lowest BCUT2D eigenvalue weighted by Gasteiger charge is -2.09. The summed E-state index contributed by atoms with van der Waals surface area (Å²) in [5.74, 6) is -0.175. The van der Waals surface area contributed by atoms with Gasteiger partial charge in [-0.25, -0.2) is 4.99 Å². The Morgan fingerprint density at radius 2 is 2.14 bits per heavy atom. The maximum atomic E-state index is 11.4. The summed E-state index contributed by atoms with van der Waals surface area (Å²) in [6.07, 6.45) is 1.32. The fourth-order valence-electron chi connectivity index (χ4n) is 1.76. The monoisotopic (exact) mass is 185 g/mol. The molecule has 0 radical (unpaired) electrons. The van der Waals surface area contributed by atoms with Crippen molar-refractivity contribution in [2.24, 2.45) is 9.98 Å². The molecule has 14 heavy (non-hydrogen) atoms. The molecule has 2 aliphatic rings. The molecule has 2 heterocycles. The molecule has 0 unspecified atom stereocenters. The SMILES string of the molecule is O=C1N=CN=C2c3ccccc3N[C@@H]12. The van der Waals surface area contributed by atoms with Gasteiger partial charge in [0.25, 0.3) is 5.91 Å². The van der Waals surface area contributed by atoms with Crippen LogP contribution in [0.15, 0.2) is 34.3 Å². The number of aliphatic imine (C=N–C) groups is 2. The van der Waals surface area contributed by atoms with Crippen molar-refractivity contribution >= 4 is 23.6 Å². The molecule has 0 aromatic heterocycles. The van der Waals surface area contributed by atoms with Gasteiger partial charge in [0.1, 0.15) is 6.34 Å². The molecule has 1 aromatic rings. The minimum absolute atomic E-state index is 0.175. The largest absolute Gasteiger partial charge is 0.368 e. The lowest BCUT2D eigenvalue weighted by atomic mass is 10.1. The number of benzene rings is 1. The number of nitrogens with one attached hydrogen (secondary N) is 1. The van der Waals surface area contributed by atoms with E-state index in [0.717, 1.165) is 17.0 Å². The summed E-state index contributed by atoms with van der Waals surface area (Å²) >= 11 is 0. The van der Waals surface area contributed by atoms with Gasteiger partial charge in [-0.3, -0.25) is 4.79 Å². The van der Waals surface area contributed by atoms with Crippen LogP contribution in [0.1, 0.15) is 5.56 Å². The zero-order valence-corrected chi connectivity index (χ0v) is 7.27. The molecule has 3 rings (SSSR count). The Labute approximate surface area is 80.4 Å². The van der Waals surface area contributed by atoms with Crippen LogP contribution in [0.2, 0.25) is 0 Å². The summed E-state index contributed by atoms with van der Waals surface area (Å²) < 4.78 is 0. The maximum Gasteiger partial charge on any atom is 0.275 e. The summed E-state index contributed by atoms with van der Waals surface area (Å²) in [4.78, 5) is 19.2. The number of rotatable bonds is 0. The van der Waals surface area contributed by atoms with Crippen LogP contribution < -0.4 is 5.32 Å². The van der Waals surface area contributed by atoms with Gasteiger partial charge < -0.3 is 5.32 Å². The summed E-state index contributed by atoms with van der Waals surface area (Å²) in [6.45, 7) is 0. The van der Waals surface area contributed by atoms with Crippen LogP contribution in [0.3, 0.4) is 0 Å². The third kappa shape index (κ3) is 0.849. The van der Waals surface area contributed by atoms with Crippen molar-refractivity contribution in [2.75, 3.05) is 5.32 Å². The Morgan fingerprint density at radius 3 is 3.07 bits per heavy atom. The molecule has 0 saturated heterocycles. The van der Waals surface area contributed by atoms with Crippen LogP contribution in [-0.2, 0) is 4.79 Å². The Morgan fingerprint density at radius 1 is 1.29 bits per heavy atom. The van der Waals surface area contributed by atoms with Crippen LogP contribution in [0.25, 0.3) is 0 Å². The van der Waals surface area contributed by atoms with Gasteiger partial charge in [-0.15, -0.1) is 0 Å². The van der Waals surface area contributed by atoms with Crippen LogP contribution in [-0.4, -0.2) is 24.0 Å². The minimum atomic E-state index is -0.377. The average Bonchev–Trinajstić information content (AvgIpc) is 2.59. The Balaban J connectivity index is 2.19. The van der Waals surface area contributed by atoms with Gasteiger partial charge in [-0.05, 0) is 6.07 Å². The molecule has 68 valence electrons. The zero-order valence-electron chi connectivity index (χ0n) is 7.27. The molecule has 1 aromatic carbocycles. The standard InChI is InChI=1S/C10H7N3O/c14-10-9-8(11-5-12-10)6-3-1-2-4-7(6)13-9/h1-5,9,13H/t9-/m1/s1. The molecule has 1 N–H and O–H groups in total. The van der Waals surface area contributed by atoms with Crippen molar-refractivity contribution in [2.45, 2.75) is 6.04 Å². The van der Waals surface area contributed by atoms with E-state index < -0.39 is 0 Å². The number of hydrogen-bond donors (Lipinski definition) is 1. The Bertz CT molecular complexity index is 476. The first-order valence-corrected chi connectivity index (χ1v) is 4.36. The molecule has 4 nitrogen and oxygen atoms in total. The number of amides is 1. The second kappa shape index (κ2) is 2.51. The maximum absolute atomic E-state index is 11.4. The average molecular weight is 185 g/mol. The summed E-state index contributed by atoms with van der Waals surface area (Å²) in [5.41, 5.74) is 2.73. The van der Waals surface area contributed by atoms with Crippen molar-refractivity contribution in [3.05, 3.63) is 29.8 Å². The molecule has 0 saturated carbocycles. The number of para-hydroxylation sites is 1. The van der Waals surface area contributed by atoms with E-state index in [1.807, 2.05) is 24.3 Å². The van der Waals surface area contributed by atoms with E-state index in [4.69, 9.17) is 0 Å². The van der Waals surface area contributed by atoms with Crippen molar-refractivity contribution in [3.8, 4) is 0 Å². The van der Waals surface area contributed by atoms with Crippen LogP contribution in [0, 0.1) is 0 Å². The molecule has 0 fully saturated rings. The smallest absolute Gasteiger partial charge is 0.275 e. The number of carbonyl (C=O) groups excluding carboxylic acids is 1. The van der Waals surface area contributed by atoms with E-state index >= 15 is 0 Å². The molecule has 4 heteroatoms. The first kappa shape index (κ1) is 7.44. The van der Waals surface area contributed by atoms with E-state index in [1.165, 1.54) is 6.34 Å². The predicted octanol–water partition coefficient (Wildman–Crippen LogP) is 0.838. The fourth-order valence-corrected chi connectivity index (χ4v) is 1.76. The Kier molecular flexibility index (Phi) is 1.33. The molecule has 1 amide bonds. The molecular formula is C10H7N3O. The molecule has 0 bridgehead atoms. The van der Waals surface area contributed by atoms with Crippen LogP contribution >= 0.6 is 0 Å². The van der Waals surface area contributed by atoms with Crippen molar-refractivity contribution in [1.82, 2.24) is 0 Å². The number of hydrogen-bond acceptors (Lipinski definition) is 3. The number of fused-ring (bicyclic) bond motifs is 3. The van der Waals surface area contributed by atoms with E-state index in [0.29, 0.717) is 0 Å². The quantitative estimate of drug-likeness (QED) is 0.651. The summed E-state index contributed by atoms with van der Waals surface area (Å²) in [6, 6.07) is 7.37. The van der Waals surface area contributed by atoms with E-state index in [9.17, 15) is 4.79 Å². The molecule has 0 spiro atoms. The van der Waals surface area contributed by atoms with E-state index in [-0.39, 0.29) is 11.9 Å². The highest BCUT2D eigenvalue weighted by Crippen LogP contribution is 2.27. The van der Waals surface area contributed by atoms with Gasteiger partial charge in [-0.1, -0.05) is 18.2 Å². The first-order valence-electron chi connectivity index (χ1n) is 4.36. The van der Waals surface area contributed by atoms with Crippen molar-refractivity contribution in [3.63, 3.8) is 0 Å². The zero-order chi connectivity index (χ0) is 9.54. The van der Waals surface area contributed by atoms with Crippen LogP contribution in [0.5, 0.6) is 0 Å². The number of anilines is 1. The lowest BCUT2D eigenvalue weighted by molar-refractivity contribution is -0.117. The first-order chi connectivity index (χ1) is 6.86. The second-order valence-corrected chi connectivity index (χ2v) is 3.22. The van der Waals surface area contributed by atoms with Gasteiger partial charge in [-0.2, -0.15) is 4.99 Å². The van der Waals surface area contributed by atoms with Gasteiger partial charge in [0.2, 0.25) is 0 Å². The minimum Gasteiger partial charge on any atom is -0.368 e. The lowest BCUT2D eigenvalue weighted by Crippen LogP contribution is -2.33. The van der Waals surface area contributed by atoms with E-state index in [1.54, 1.807) is 0 Å². The van der Waals surface area contributed by atoms with Gasteiger partial charge >= 0.3 is 0 Å². The van der Waals surface area contributed by atoms with Gasteiger partial charge in [0, 0.05) is 11.3 Å². The predicted molar refractivity (Wildman–Crippen MR) is 53.9 cm³/mol. The summed E-state index contributed by atoms with van der Waals surface area (Å²) in [5, 5.41) is 3.09. The third-order valence-corrected chi connectivity index (χ3v) is 2.41. The number of nitrogens with zero attached hydrogens (tertiary/aromatic N) is 2. The van der Waals surface area contributed by atoms with Crippen molar-refractivity contribution in [1.29, 1.82) is 0 Å². The highest BCUT2D eigenvalue weighted by molar-refractivity contribution is 6.27. The Hall–Kier alpha value is -1.97. The molecule has 1 atom stereocenters. The van der Waals surface area contributed by atoms with Crippen LogP contribution in [0.4, 0.5) is 5.69 Å². The third-order valence-electron chi connectivity index (χ3n) is 2.41. The highest BCUT2D eigenvalue weighted by Gasteiger charge is 2.34. The fraction of sp³-hybridized carbons (Fsp3) is 0.100. The van der Waals surface area contributed by atoms with Gasteiger partial charge in [0.05, 0.1) is 5.71 Å². The van der Waals surface area contributed by atoms with E-state index in [2.05, 4.69) is 15.3 Å². The van der Waals surface area contributed by atoms with Gasteiger partial charge in [0.15, 0.2) is 6.04 Å². The number of carbonyl (C=O) groups is 1. The molecular weight excluding hydrogens is 178 g/mol. The topological polar surface area (TPSA) is 53.8 Å². The molecule has 0 aliphatic carbocycles. The normalized spacial score (nSPS) is 22.4. The highest BCUT2D eigenvalue weighted by atomic mass is 16.1. The second-order valence-electron chi connectivity index (χ2n) is 3.22. The van der Waals surface area contributed by atoms with Crippen molar-refractivity contribution < 1.29 is 4.79 Å².